The number of terminal acetylenes is 1. The fourth-order valence-corrected chi connectivity index (χ4v) is 0.393. The van der Waals surface area contributed by atoms with Gasteiger partial charge in [0, 0.05) is 0 Å². The predicted molar refractivity (Wildman–Crippen MR) is 41.9 cm³/mol. The van der Waals surface area contributed by atoms with Crippen molar-refractivity contribution in [1.82, 2.24) is 0 Å². The largest absolute Gasteiger partial charge is 0.115 e. The molecule has 0 aromatic carbocycles. The maximum absolute atomic E-state index is 4.66. The van der Waals surface area contributed by atoms with Crippen molar-refractivity contribution < 1.29 is 0 Å². The Hall–Kier alpha value is -1.22. The van der Waals surface area contributed by atoms with E-state index in [0.717, 1.165) is 6.42 Å². The zero-order valence-electron chi connectivity index (χ0n) is 5.38. The number of hydrogen-bond acceptors (Lipinski definition) is 0. The number of rotatable bonds is 0. The standard InChI is InChI=1S/C5H6.C4H4/c1-2-4-5-3-1;1-3-4-2/h1-4H,5H2;1,4H,2H2. The fraction of sp³-hybridized carbons (Fsp3) is 0.111. The summed E-state index contributed by atoms with van der Waals surface area (Å²) in [7, 11) is 0. The lowest BCUT2D eigenvalue weighted by Gasteiger charge is -1.57. The smallest absolute Gasteiger partial charge is 0.0163 e. The molecule has 0 bridgehead atoms. The first-order chi connectivity index (χ1) is 4.41. The van der Waals surface area contributed by atoms with E-state index in [2.05, 4.69) is 43.2 Å². The minimum atomic E-state index is 1.14. The average molecular weight is 118 g/mol. The first kappa shape index (κ1) is 7.78. The van der Waals surface area contributed by atoms with Gasteiger partial charge in [-0.25, -0.2) is 0 Å². The van der Waals surface area contributed by atoms with Crippen molar-refractivity contribution >= 4 is 0 Å². The molecule has 0 atom stereocenters. The summed E-state index contributed by atoms with van der Waals surface area (Å²) in [5, 5.41) is 0. The van der Waals surface area contributed by atoms with Gasteiger partial charge >= 0.3 is 0 Å². The van der Waals surface area contributed by atoms with Crippen LogP contribution < -0.4 is 0 Å². The summed E-state index contributed by atoms with van der Waals surface area (Å²) in [6.45, 7) is 3.24. The third-order valence-electron chi connectivity index (χ3n) is 0.773. The Morgan fingerprint density at radius 1 is 1.44 bits per heavy atom. The Morgan fingerprint density at radius 3 is 2.00 bits per heavy atom. The van der Waals surface area contributed by atoms with E-state index < -0.39 is 0 Å². The van der Waals surface area contributed by atoms with Gasteiger partial charge in [0.25, 0.3) is 0 Å². The lowest BCUT2D eigenvalue weighted by molar-refractivity contribution is 1.45. The Bertz CT molecular complexity index is 143. The molecule has 0 saturated heterocycles. The topological polar surface area (TPSA) is 0 Å². The molecule has 0 amide bonds. The molecule has 0 aliphatic heterocycles. The molecule has 0 radical (unpaired) electrons. The number of allylic oxidation sites excluding steroid dienone is 5. The van der Waals surface area contributed by atoms with Gasteiger partial charge in [-0.1, -0.05) is 36.8 Å². The summed E-state index contributed by atoms with van der Waals surface area (Å²) >= 11 is 0. The second-order valence-electron chi connectivity index (χ2n) is 1.46. The number of hydrogen-bond donors (Lipinski definition) is 0. The van der Waals surface area contributed by atoms with Crippen LogP contribution in [0, 0.1) is 12.3 Å². The molecular weight excluding hydrogens is 108 g/mol. The van der Waals surface area contributed by atoms with E-state index in [0.29, 0.717) is 0 Å². The summed E-state index contributed by atoms with van der Waals surface area (Å²) in [6, 6.07) is 0. The maximum atomic E-state index is 4.66. The summed E-state index contributed by atoms with van der Waals surface area (Å²) in [4.78, 5) is 0. The van der Waals surface area contributed by atoms with Crippen LogP contribution in [0.1, 0.15) is 6.42 Å². The first-order valence-electron chi connectivity index (χ1n) is 2.80. The normalized spacial score (nSPS) is 11.4. The van der Waals surface area contributed by atoms with Gasteiger partial charge < -0.3 is 0 Å². The molecular formula is C9H10. The van der Waals surface area contributed by atoms with Gasteiger partial charge in [-0.15, -0.1) is 6.42 Å². The lowest BCUT2D eigenvalue weighted by Crippen LogP contribution is -1.37. The molecule has 9 heavy (non-hydrogen) atoms. The Labute approximate surface area is 56.6 Å². The molecule has 0 saturated carbocycles. The van der Waals surface area contributed by atoms with Gasteiger partial charge in [-0.2, -0.15) is 0 Å². The minimum absolute atomic E-state index is 1.14. The Balaban J connectivity index is 0.000000148. The van der Waals surface area contributed by atoms with E-state index in [4.69, 9.17) is 0 Å². The van der Waals surface area contributed by atoms with Crippen LogP contribution in [-0.2, 0) is 0 Å². The van der Waals surface area contributed by atoms with Crippen molar-refractivity contribution in [3.63, 3.8) is 0 Å². The van der Waals surface area contributed by atoms with Crippen molar-refractivity contribution in [2.75, 3.05) is 0 Å². The highest BCUT2D eigenvalue weighted by Crippen LogP contribution is 1.93. The molecule has 0 aromatic heterocycles. The highest BCUT2D eigenvalue weighted by Gasteiger charge is 1.72. The molecule has 46 valence electrons. The summed E-state index contributed by atoms with van der Waals surface area (Å²) in [6.07, 6.45) is 15.6. The van der Waals surface area contributed by atoms with Crippen LogP contribution in [0.4, 0.5) is 0 Å². The molecule has 0 nitrogen and oxygen atoms in total. The van der Waals surface area contributed by atoms with Gasteiger partial charge in [0.15, 0.2) is 0 Å². The van der Waals surface area contributed by atoms with Crippen LogP contribution in [0.5, 0.6) is 0 Å². The first-order valence-corrected chi connectivity index (χ1v) is 2.80. The summed E-state index contributed by atoms with van der Waals surface area (Å²) in [5.74, 6) is 2.19. The van der Waals surface area contributed by atoms with E-state index in [1.807, 2.05) is 0 Å². The average Bonchev–Trinajstić information content (AvgIpc) is 2.43. The van der Waals surface area contributed by atoms with E-state index in [-0.39, 0.29) is 0 Å². The Morgan fingerprint density at radius 2 is 1.89 bits per heavy atom. The summed E-state index contributed by atoms with van der Waals surface area (Å²) < 4.78 is 0. The van der Waals surface area contributed by atoms with Crippen LogP contribution in [0.3, 0.4) is 0 Å². The SMILES string of the molecule is C#CC=C.C1=CCC=C1. The molecule has 0 aromatic rings. The monoisotopic (exact) mass is 118 g/mol. The highest BCUT2D eigenvalue weighted by atomic mass is 13.8. The zero-order chi connectivity index (χ0) is 6.95. The van der Waals surface area contributed by atoms with E-state index >= 15 is 0 Å². The fourth-order valence-electron chi connectivity index (χ4n) is 0.393. The molecule has 1 aliphatic rings. The van der Waals surface area contributed by atoms with Gasteiger partial charge in [-0.3, -0.25) is 0 Å². The zero-order valence-corrected chi connectivity index (χ0v) is 5.38. The molecule has 0 fully saturated rings. The molecule has 0 spiro atoms. The summed E-state index contributed by atoms with van der Waals surface area (Å²) in [5.41, 5.74) is 0. The van der Waals surface area contributed by atoms with Crippen LogP contribution in [0.15, 0.2) is 37.0 Å². The van der Waals surface area contributed by atoms with Crippen molar-refractivity contribution in [3.8, 4) is 12.3 Å². The maximum Gasteiger partial charge on any atom is -0.0163 e. The van der Waals surface area contributed by atoms with Crippen LogP contribution in [0.2, 0.25) is 0 Å². The highest BCUT2D eigenvalue weighted by molar-refractivity contribution is 5.11. The lowest BCUT2D eigenvalue weighted by atomic mass is 10.5. The van der Waals surface area contributed by atoms with Gasteiger partial charge in [0.2, 0.25) is 0 Å². The van der Waals surface area contributed by atoms with Crippen LogP contribution in [-0.4, -0.2) is 0 Å². The van der Waals surface area contributed by atoms with Crippen LogP contribution in [0.25, 0.3) is 0 Å². The van der Waals surface area contributed by atoms with E-state index in [1.54, 1.807) is 0 Å². The van der Waals surface area contributed by atoms with Crippen molar-refractivity contribution in [1.29, 1.82) is 0 Å². The molecule has 0 unspecified atom stereocenters. The van der Waals surface area contributed by atoms with Crippen LogP contribution >= 0.6 is 0 Å². The molecule has 0 N–H and O–H groups in total. The second kappa shape index (κ2) is 6.78. The third-order valence-corrected chi connectivity index (χ3v) is 0.773. The van der Waals surface area contributed by atoms with Crippen molar-refractivity contribution in [3.05, 3.63) is 37.0 Å². The van der Waals surface area contributed by atoms with Crippen molar-refractivity contribution in [2.24, 2.45) is 0 Å². The van der Waals surface area contributed by atoms with Gasteiger partial charge in [0.1, 0.15) is 0 Å². The van der Waals surface area contributed by atoms with E-state index in [9.17, 15) is 0 Å². The predicted octanol–water partition coefficient (Wildman–Crippen LogP) is 2.31. The molecule has 0 heteroatoms. The Kier molecular flexibility index (Phi) is 5.86. The van der Waals surface area contributed by atoms with Gasteiger partial charge in [-0.05, 0) is 12.5 Å². The molecule has 0 heterocycles. The minimum Gasteiger partial charge on any atom is -0.115 e. The molecule has 1 aliphatic carbocycles. The quantitative estimate of drug-likeness (QED) is 0.428. The second-order valence-corrected chi connectivity index (χ2v) is 1.46. The van der Waals surface area contributed by atoms with Crippen molar-refractivity contribution in [2.45, 2.75) is 6.42 Å². The van der Waals surface area contributed by atoms with Gasteiger partial charge in [0.05, 0.1) is 0 Å². The third kappa shape index (κ3) is 6.78. The van der Waals surface area contributed by atoms with E-state index in [1.165, 1.54) is 6.08 Å². The molecule has 1 rings (SSSR count).